The number of hydrogen-bond acceptors (Lipinski definition) is 1. The minimum Gasteiger partial charge on any atom is -0.300 e. The molecule has 0 bridgehead atoms. The van der Waals surface area contributed by atoms with Crippen molar-refractivity contribution in [3.8, 4) is 0 Å². The van der Waals surface area contributed by atoms with Gasteiger partial charge in [-0.05, 0) is 24.6 Å². The highest BCUT2D eigenvalue weighted by Gasteiger charge is 2.10. The summed E-state index contributed by atoms with van der Waals surface area (Å²) in [5.74, 6) is -0.0988. The third-order valence-electron chi connectivity index (χ3n) is 1.76. The fourth-order valence-corrected chi connectivity index (χ4v) is 1.32. The monoisotopic (exact) mass is 218 g/mol. The Labute approximate surface area is 85.7 Å². The zero-order valence-corrected chi connectivity index (χ0v) is 8.31. The van der Waals surface area contributed by atoms with E-state index in [2.05, 4.69) is 0 Å². The molecule has 0 N–H and O–H groups in total. The lowest BCUT2D eigenvalue weighted by molar-refractivity contribution is -0.116. The Morgan fingerprint density at radius 3 is 2.64 bits per heavy atom. The van der Waals surface area contributed by atoms with Crippen molar-refractivity contribution in [1.29, 1.82) is 0 Å². The van der Waals surface area contributed by atoms with Gasteiger partial charge in [0.15, 0.2) is 0 Å². The quantitative estimate of drug-likeness (QED) is 0.760. The molecule has 0 aromatic heterocycles. The lowest BCUT2D eigenvalue weighted by Crippen LogP contribution is -1.98. The van der Waals surface area contributed by atoms with E-state index in [1.807, 2.05) is 0 Å². The van der Waals surface area contributed by atoms with Gasteiger partial charge in [-0.2, -0.15) is 0 Å². The molecule has 4 heteroatoms. The van der Waals surface area contributed by atoms with Crippen LogP contribution < -0.4 is 0 Å². The molecule has 0 aliphatic carbocycles. The highest BCUT2D eigenvalue weighted by molar-refractivity contribution is 6.31. The van der Waals surface area contributed by atoms with Crippen LogP contribution in [0, 0.1) is 0 Å². The van der Waals surface area contributed by atoms with Crippen LogP contribution in [-0.2, 0) is 11.2 Å². The molecular weight excluding hydrogens is 210 g/mol. The number of Topliss-reactive ketones (excluding diaryl/α,β-unsaturated/α-hetero) is 1. The average Bonchev–Trinajstić information content (AvgIpc) is 2.07. The summed E-state index contributed by atoms with van der Waals surface area (Å²) in [7, 11) is 0. The van der Waals surface area contributed by atoms with Gasteiger partial charge in [-0.3, -0.25) is 4.79 Å². The van der Waals surface area contributed by atoms with Crippen LogP contribution >= 0.6 is 11.6 Å². The first kappa shape index (κ1) is 11.1. The lowest BCUT2D eigenvalue weighted by Gasteiger charge is -2.05. The Morgan fingerprint density at radius 1 is 1.50 bits per heavy atom. The van der Waals surface area contributed by atoms with Crippen LogP contribution in [0.1, 0.15) is 24.5 Å². The molecule has 0 fully saturated rings. The fraction of sp³-hybridized carbons (Fsp3) is 0.300. The normalized spacial score (nSPS) is 10.6. The molecule has 0 unspecified atom stereocenters. The van der Waals surface area contributed by atoms with Gasteiger partial charge in [0.05, 0.1) is 0 Å². The molecule has 0 radical (unpaired) electrons. The smallest absolute Gasteiger partial charge is 0.263 e. The number of hydrogen-bond donors (Lipinski definition) is 0. The zero-order chi connectivity index (χ0) is 10.7. The number of ketones is 1. The fourth-order valence-electron chi connectivity index (χ4n) is 1.13. The number of benzene rings is 1. The minimum atomic E-state index is -2.53. The summed E-state index contributed by atoms with van der Waals surface area (Å²) in [5.41, 5.74) is 0.350. The van der Waals surface area contributed by atoms with Crippen molar-refractivity contribution in [3.63, 3.8) is 0 Å². The second kappa shape index (κ2) is 4.51. The Morgan fingerprint density at radius 2 is 2.14 bits per heavy atom. The van der Waals surface area contributed by atoms with Crippen LogP contribution in [0.25, 0.3) is 0 Å². The number of carbonyl (C=O) groups is 1. The van der Waals surface area contributed by atoms with Crippen LogP contribution in [0.5, 0.6) is 0 Å². The molecule has 0 spiro atoms. The Bertz CT molecular complexity index is 350. The lowest BCUT2D eigenvalue weighted by atomic mass is 10.1. The summed E-state index contributed by atoms with van der Waals surface area (Å²) in [6, 6.07) is 3.92. The molecule has 1 aromatic carbocycles. The molecule has 0 aliphatic rings. The summed E-state index contributed by atoms with van der Waals surface area (Å²) in [5, 5.41) is 0.351. The summed E-state index contributed by atoms with van der Waals surface area (Å²) < 4.78 is 24.6. The second-order valence-electron chi connectivity index (χ2n) is 3.03. The highest BCUT2D eigenvalue weighted by atomic mass is 35.5. The molecular formula is C10H9ClF2O. The van der Waals surface area contributed by atoms with Crippen LogP contribution in [0.2, 0.25) is 5.02 Å². The van der Waals surface area contributed by atoms with E-state index in [9.17, 15) is 13.6 Å². The van der Waals surface area contributed by atoms with Gasteiger partial charge in [0, 0.05) is 17.0 Å². The summed E-state index contributed by atoms with van der Waals surface area (Å²) in [6.07, 6.45) is -2.43. The van der Waals surface area contributed by atoms with Gasteiger partial charge in [-0.15, -0.1) is 0 Å². The molecule has 1 rings (SSSR count). The first-order valence-corrected chi connectivity index (χ1v) is 4.44. The molecule has 0 aliphatic heterocycles. The Balaban J connectivity index is 3.02. The van der Waals surface area contributed by atoms with Gasteiger partial charge in [-0.1, -0.05) is 17.7 Å². The van der Waals surface area contributed by atoms with E-state index in [0.717, 1.165) is 0 Å². The highest BCUT2D eigenvalue weighted by Crippen LogP contribution is 2.24. The maximum Gasteiger partial charge on any atom is 0.263 e. The Kier molecular flexibility index (Phi) is 3.58. The SMILES string of the molecule is CC(=O)Cc1cc(C(F)F)ccc1Cl. The molecule has 0 amide bonds. The van der Waals surface area contributed by atoms with E-state index in [1.165, 1.54) is 25.1 Å². The standard InChI is InChI=1S/C10H9ClF2O/c1-6(14)4-8-5-7(10(12)13)2-3-9(8)11/h2-3,5,10H,4H2,1H3. The van der Waals surface area contributed by atoms with Crippen LogP contribution in [0.15, 0.2) is 18.2 Å². The van der Waals surface area contributed by atoms with Gasteiger partial charge in [-0.25, -0.2) is 8.78 Å². The molecule has 0 atom stereocenters. The molecule has 1 aromatic rings. The van der Waals surface area contributed by atoms with Gasteiger partial charge in [0.25, 0.3) is 6.43 Å². The van der Waals surface area contributed by atoms with Crippen LogP contribution in [0.4, 0.5) is 8.78 Å². The van der Waals surface area contributed by atoms with E-state index in [0.29, 0.717) is 10.6 Å². The first-order valence-electron chi connectivity index (χ1n) is 4.06. The summed E-state index contributed by atoms with van der Waals surface area (Å²) in [4.78, 5) is 10.8. The van der Waals surface area contributed by atoms with E-state index in [4.69, 9.17) is 11.6 Å². The third kappa shape index (κ3) is 2.77. The molecule has 14 heavy (non-hydrogen) atoms. The maximum atomic E-state index is 12.3. The van der Waals surface area contributed by atoms with Crippen LogP contribution in [-0.4, -0.2) is 5.78 Å². The molecule has 0 heterocycles. The Hall–Kier alpha value is -0.960. The van der Waals surface area contributed by atoms with Crippen molar-refractivity contribution < 1.29 is 13.6 Å². The van der Waals surface area contributed by atoms with E-state index < -0.39 is 6.43 Å². The molecule has 1 nitrogen and oxygen atoms in total. The molecule has 0 saturated heterocycles. The predicted molar refractivity (Wildman–Crippen MR) is 50.8 cm³/mol. The second-order valence-corrected chi connectivity index (χ2v) is 3.44. The number of rotatable bonds is 3. The first-order chi connectivity index (χ1) is 6.50. The van der Waals surface area contributed by atoms with Gasteiger partial charge >= 0.3 is 0 Å². The van der Waals surface area contributed by atoms with E-state index in [1.54, 1.807) is 0 Å². The number of alkyl halides is 2. The topological polar surface area (TPSA) is 17.1 Å². The van der Waals surface area contributed by atoms with Crippen molar-refractivity contribution in [2.75, 3.05) is 0 Å². The van der Waals surface area contributed by atoms with Gasteiger partial charge in [0.1, 0.15) is 5.78 Å². The summed E-state index contributed by atoms with van der Waals surface area (Å²) >= 11 is 5.75. The maximum absolute atomic E-state index is 12.3. The van der Waals surface area contributed by atoms with E-state index >= 15 is 0 Å². The van der Waals surface area contributed by atoms with Crippen molar-refractivity contribution in [2.45, 2.75) is 19.8 Å². The zero-order valence-electron chi connectivity index (χ0n) is 7.56. The van der Waals surface area contributed by atoms with Gasteiger partial charge < -0.3 is 0 Å². The van der Waals surface area contributed by atoms with Crippen molar-refractivity contribution in [1.82, 2.24) is 0 Å². The van der Waals surface area contributed by atoms with Crippen molar-refractivity contribution >= 4 is 17.4 Å². The molecule has 76 valence electrons. The average molecular weight is 219 g/mol. The predicted octanol–water partition coefficient (Wildman–Crippen LogP) is 3.41. The number of halogens is 3. The van der Waals surface area contributed by atoms with Crippen LogP contribution in [0.3, 0.4) is 0 Å². The number of carbonyl (C=O) groups excluding carboxylic acids is 1. The largest absolute Gasteiger partial charge is 0.300 e. The van der Waals surface area contributed by atoms with Gasteiger partial charge in [0.2, 0.25) is 0 Å². The van der Waals surface area contributed by atoms with E-state index in [-0.39, 0.29) is 17.8 Å². The minimum absolute atomic E-state index is 0.0966. The van der Waals surface area contributed by atoms with Crippen molar-refractivity contribution in [2.24, 2.45) is 0 Å². The summed E-state index contributed by atoms with van der Waals surface area (Å²) in [6.45, 7) is 1.39. The van der Waals surface area contributed by atoms with Crippen molar-refractivity contribution in [3.05, 3.63) is 34.3 Å². The molecule has 0 saturated carbocycles. The third-order valence-corrected chi connectivity index (χ3v) is 2.13.